The fourth-order valence-electron chi connectivity index (χ4n) is 2.32. The predicted molar refractivity (Wildman–Crippen MR) is 73.0 cm³/mol. The van der Waals surface area contributed by atoms with Crippen molar-refractivity contribution in [2.45, 2.75) is 19.5 Å². The number of aryl methyl sites for hydroxylation is 1. The Hall–Kier alpha value is -2.71. The molecule has 0 bridgehead atoms. The molecule has 0 spiro atoms. The Morgan fingerprint density at radius 2 is 1.96 bits per heavy atom. The largest absolute Gasteiger partial charge is 0.419 e. The molecule has 0 aliphatic rings. The number of benzene rings is 1. The highest BCUT2D eigenvalue weighted by Crippen LogP contribution is 2.32. The van der Waals surface area contributed by atoms with Crippen molar-refractivity contribution >= 4 is 16.9 Å². The average Bonchev–Trinajstić information content (AvgIpc) is 2.90. The Labute approximate surface area is 127 Å². The lowest BCUT2D eigenvalue weighted by molar-refractivity contribution is -0.140. The summed E-state index contributed by atoms with van der Waals surface area (Å²) in [6, 6.07) is 2.75. The number of rotatable bonds is 2. The van der Waals surface area contributed by atoms with Crippen molar-refractivity contribution in [2.24, 2.45) is 0 Å². The van der Waals surface area contributed by atoms with Gasteiger partial charge in [-0.1, -0.05) is 6.07 Å². The van der Waals surface area contributed by atoms with Gasteiger partial charge in [-0.2, -0.15) is 13.2 Å². The number of fused-ring (bicyclic) bond motifs is 1. The molecule has 9 heteroatoms. The Morgan fingerprint density at radius 3 is 2.61 bits per heavy atom. The van der Waals surface area contributed by atoms with E-state index in [9.17, 15) is 17.6 Å². The van der Waals surface area contributed by atoms with E-state index in [2.05, 4.69) is 19.9 Å². The normalized spacial score (nSPS) is 12.0. The highest BCUT2D eigenvalue weighted by molar-refractivity contribution is 5.85. The van der Waals surface area contributed by atoms with E-state index in [0.717, 1.165) is 6.07 Å². The summed E-state index contributed by atoms with van der Waals surface area (Å²) < 4.78 is 55.9. The summed E-state index contributed by atoms with van der Waals surface area (Å²) in [6.07, 6.45) is -4.62. The van der Waals surface area contributed by atoms with Gasteiger partial charge >= 0.3 is 6.18 Å². The zero-order chi connectivity index (χ0) is 16.8. The van der Waals surface area contributed by atoms with Crippen molar-refractivity contribution in [3.05, 3.63) is 46.4 Å². The Bertz CT molecular complexity index is 888. The number of anilines is 1. The van der Waals surface area contributed by atoms with Gasteiger partial charge in [0.15, 0.2) is 5.52 Å². The Balaban J connectivity index is 2.01. The standard InChI is InChI=1S/C14H10F4N4O/c1-6-8(11(19)12-13(20-6)22-23-21-12)4-7-2-3-9(10(15)5-7)14(16,17)18/h2-3,5H,4,19H2,1H3. The fraction of sp³-hybridized carbons (Fsp3) is 0.214. The van der Waals surface area contributed by atoms with Crippen molar-refractivity contribution in [3.63, 3.8) is 0 Å². The molecule has 5 nitrogen and oxygen atoms in total. The maximum atomic E-state index is 13.6. The summed E-state index contributed by atoms with van der Waals surface area (Å²) in [6.45, 7) is 1.67. The molecule has 0 aliphatic heterocycles. The lowest BCUT2D eigenvalue weighted by atomic mass is 10.0. The minimum atomic E-state index is -4.73. The number of alkyl halides is 3. The summed E-state index contributed by atoms with van der Waals surface area (Å²) in [7, 11) is 0. The molecule has 0 atom stereocenters. The van der Waals surface area contributed by atoms with Crippen molar-refractivity contribution < 1.29 is 22.2 Å². The smallest absolute Gasteiger partial charge is 0.396 e. The van der Waals surface area contributed by atoms with Crippen LogP contribution in [-0.4, -0.2) is 15.3 Å². The van der Waals surface area contributed by atoms with E-state index in [4.69, 9.17) is 5.73 Å². The van der Waals surface area contributed by atoms with Gasteiger partial charge in [-0.15, -0.1) is 0 Å². The first kappa shape index (κ1) is 15.2. The molecular weight excluding hydrogens is 316 g/mol. The third kappa shape index (κ3) is 2.69. The molecule has 0 aliphatic carbocycles. The molecule has 3 aromatic rings. The van der Waals surface area contributed by atoms with Gasteiger partial charge in [0.05, 0.1) is 11.3 Å². The summed E-state index contributed by atoms with van der Waals surface area (Å²) >= 11 is 0. The molecule has 1 aromatic carbocycles. The second kappa shape index (κ2) is 5.18. The molecule has 2 heterocycles. The summed E-state index contributed by atoms with van der Waals surface area (Å²) in [4.78, 5) is 4.15. The van der Waals surface area contributed by atoms with Gasteiger partial charge in [0.25, 0.3) is 0 Å². The van der Waals surface area contributed by atoms with E-state index >= 15 is 0 Å². The first-order chi connectivity index (χ1) is 10.8. The first-order valence-electron chi connectivity index (χ1n) is 6.50. The molecule has 0 saturated carbocycles. The van der Waals surface area contributed by atoms with Crippen molar-refractivity contribution in [1.82, 2.24) is 15.3 Å². The maximum absolute atomic E-state index is 13.6. The van der Waals surface area contributed by atoms with Crippen molar-refractivity contribution in [2.75, 3.05) is 5.73 Å². The first-order valence-corrected chi connectivity index (χ1v) is 6.50. The molecule has 0 radical (unpaired) electrons. The van der Waals surface area contributed by atoms with Crippen molar-refractivity contribution in [1.29, 1.82) is 0 Å². The van der Waals surface area contributed by atoms with E-state index in [1.165, 1.54) is 6.07 Å². The van der Waals surface area contributed by atoms with Crippen LogP contribution in [0.5, 0.6) is 0 Å². The minimum Gasteiger partial charge on any atom is -0.396 e. The molecule has 3 rings (SSSR count). The second-order valence-corrected chi connectivity index (χ2v) is 5.01. The van der Waals surface area contributed by atoms with Crippen LogP contribution < -0.4 is 5.73 Å². The third-order valence-electron chi connectivity index (χ3n) is 3.48. The van der Waals surface area contributed by atoms with Crippen LogP contribution in [0.25, 0.3) is 11.2 Å². The molecule has 120 valence electrons. The third-order valence-corrected chi connectivity index (χ3v) is 3.48. The van der Waals surface area contributed by atoms with Crippen LogP contribution in [0.15, 0.2) is 22.8 Å². The van der Waals surface area contributed by atoms with E-state index < -0.39 is 17.6 Å². The van der Waals surface area contributed by atoms with Gasteiger partial charge in [-0.3, -0.25) is 0 Å². The van der Waals surface area contributed by atoms with Gasteiger partial charge in [0.1, 0.15) is 5.82 Å². The monoisotopic (exact) mass is 326 g/mol. The van der Waals surface area contributed by atoms with Gasteiger partial charge < -0.3 is 5.73 Å². The number of halogens is 4. The number of pyridine rings is 1. The van der Waals surface area contributed by atoms with E-state index in [1.54, 1.807) is 6.92 Å². The second-order valence-electron chi connectivity index (χ2n) is 5.01. The lowest BCUT2D eigenvalue weighted by Crippen LogP contribution is -2.09. The Morgan fingerprint density at radius 1 is 1.22 bits per heavy atom. The zero-order valence-corrected chi connectivity index (χ0v) is 11.8. The van der Waals surface area contributed by atoms with Crippen molar-refractivity contribution in [3.8, 4) is 0 Å². The van der Waals surface area contributed by atoms with E-state index in [1.807, 2.05) is 0 Å². The van der Waals surface area contributed by atoms with Gasteiger partial charge in [0, 0.05) is 17.7 Å². The Kier molecular flexibility index (Phi) is 3.42. The molecule has 0 amide bonds. The number of hydrogen-bond acceptors (Lipinski definition) is 5. The van der Waals surface area contributed by atoms with E-state index in [0.29, 0.717) is 22.9 Å². The van der Waals surface area contributed by atoms with Crippen LogP contribution in [0.2, 0.25) is 0 Å². The molecule has 0 fully saturated rings. The molecule has 2 N–H and O–H groups in total. The average molecular weight is 326 g/mol. The molecule has 0 unspecified atom stereocenters. The molecule has 23 heavy (non-hydrogen) atoms. The number of nitrogens with zero attached hydrogens (tertiary/aromatic N) is 3. The minimum absolute atomic E-state index is 0.114. The van der Waals surface area contributed by atoms with Gasteiger partial charge in [-0.05, 0) is 34.9 Å². The number of nitrogens with two attached hydrogens (primary N) is 1. The number of nitrogen functional groups attached to an aromatic ring is 1. The van der Waals surface area contributed by atoms with Crippen LogP contribution in [0.3, 0.4) is 0 Å². The lowest BCUT2D eigenvalue weighted by Gasteiger charge is -2.11. The summed E-state index contributed by atoms with van der Waals surface area (Å²) in [5, 5.41) is 7.21. The van der Waals surface area contributed by atoms with Crippen LogP contribution in [0, 0.1) is 12.7 Å². The quantitative estimate of drug-likeness (QED) is 0.731. The molecular formula is C14H10F4N4O. The van der Waals surface area contributed by atoms with Gasteiger partial charge in [0.2, 0.25) is 5.65 Å². The fourth-order valence-corrected chi connectivity index (χ4v) is 2.32. The predicted octanol–water partition coefficient (Wildman–Crippen LogP) is 3.26. The molecule has 0 saturated heterocycles. The topological polar surface area (TPSA) is 77.8 Å². The number of hydrogen-bond donors (Lipinski definition) is 1. The number of aromatic nitrogens is 3. The summed E-state index contributed by atoms with van der Waals surface area (Å²) in [5.74, 6) is -1.33. The van der Waals surface area contributed by atoms with Crippen LogP contribution in [0.4, 0.5) is 23.2 Å². The molecule has 2 aromatic heterocycles. The summed E-state index contributed by atoms with van der Waals surface area (Å²) in [5.41, 5.74) is 6.82. The van der Waals surface area contributed by atoms with E-state index in [-0.39, 0.29) is 23.3 Å². The maximum Gasteiger partial charge on any atom is 0.419 e. The zero-order valence-electron chi connectivity index (χ0n) is 11.8. The van der Waals surface area contributed by atoms with Crippen LogP contribution in [-0.2, 0) is 12.6 Å². The van der Waals surface area contributed by atoms with Crippen LogP contribution >= 0.6 is 0 Å². The highest BCUT2D eigenvalue weighted by Gasteiger charge is 2.33. The highest BCUT2D eigenvalue weighted by atomic mass is 19.4. The SMILES string of the molecule is Cc1nc2nonc2c(N)c1Cc1ccc(C(F)(F)F)c(F)c1. The van der Waals surface area contributed by atoms with Gasteiger partial charge in [-0.25, -0.2) is 14.0 Å². The van der Waals surface area contributed by atoms with Crippen LogP contribution in [0.1, 0.15) is 22.4 Å².